The smallest absolute Gasteiger partial charge is 0.237 e. The van der Waals surface area contributed by atoms with Gasteiger partial charge in [-0.2, -0.15) is 0 Å². The summed E-state index contributed by atoms with van der Waals surface area (Å²) in [5, 5.41) is 2.86. The zero-order valence-electron chi connectivity index (χ0n) is 15.1. The summed E-state index contributed by atoms with van der Waals surface area (Å²) in [6.07, 6.45) is 1.58. The van der Waals surface area contributed by atoms with Crippen molar-refractivity contribution in [3.05, 3.63) is 53.3 Å². The Morgan fingerprint density at radius 1 is 1.35 bits per heavy atom. The lowest BCUT2D eigenvalue weighted by Gasteiger charge is -2.19. The largest absolute Gasteiger partial charge is 0.383 e. The summed E-state index contributed by atoms with van der Waals surface area (Å²) in [5.74, 6) is -0.932. The number of hydrogen-bond acceptors (Lipinski definition) is 4. The summed E-state index contributed by atoms with van der Waals surface area (Å²) in [6, 6.07) is 10.5. The molecule has 0 aromatic heterocycles. The number of likely N-dealkylation sites (N-methyl/N-ethyl adjacent to an activating group) is 1. The van der Waals surface area contributed by atoms with Crippen LogP contribution in [0, 0.1) is 12.7 Å². The molecule has 0 radical (unpaired) electrons. The molecule has 0 aliphatic carbocycles. The molecule has 136 valence electrons. The number of carbonyl (C=O) groups excluding carboxylic acids is 1. The van der Waals surface area contributed by atoms with Gasteiger partial charge in [-0.3, -0.25) is 9.79 Å². The Hall–Kier alpha value is -2.73. The van der Waals surface area contributed by atoms with Crippen LogP contribution in [0.2, 0.25) is 0 Å². The average Bonchev–Trinajstić information content (AvgIpc) is 2.94. The third kappa shape index (κ3) is 3.60. The number of carbonyl (C=O) groups is 1. The van der Waals surface area contributed by atoms with E-state index in [0.29, 0.717) is 24.5 Å². The molecule has 0 fully saturated rings. The molecule has 6 heteroatoms. The normalized spacial score (nSPS) is 16.0. The van der Waals surface area contributed by atoms with E-state index in [1.54, 1.807) is 30.4 Å². The van der Waals surface area contributed by atoms with E-state index in [4.69, 9.17) is 4.74 Å². The molecule has 0 spiro atoms. The predicted octanol–water partition coefficient (Wildman–Crippen LogP) is 3.65. The first kappa shape index (κ1) is 18.1. The topological polar surface area (TPSA) is 53.9 Å². The predicted molar refractivity (Wildman–Crippen MR) is 102 cm³/mol. The van der Waals surface area contributed by atoms with Crippen molar-refractivity contribution in [1.29, 1.82) is 0 Å². The Labute approximate surface area is 152 Å². The fourth-order valence-corrected chi connectivity index (χ4v) is 3.08. The number of fused-ring (bicyclic) bond motifs is 1. The van der Waals surface area contributed by atoms with Gasteiger partial charge in [0.25, 0.3) is 0 Å². The maximum atomic E-state index is 14.4. The van der Waals surface area contributed by atoms with Crippen LogP contribution in [-0.4, -0.2) is 39.4 Å². The maximum Gasteiger partial charge on any atom is 0.237 e. The Morgan fingerprint density at radius 3 is 2.88 bits per heavy atom. The number of ether oxygens (including phenoxy) is 1. The summed E-state index contributed by atoms with van der Waals surface area (Å²) in [5.41, 5.74) is 3.73. The standard InChI is InChI=1S/C20H22FN3O2/c1-13-5-4-6-17-19(13)15(20(25)23-17)12-22-14-7-8-18(16(21)11-14)24(2)9-10-26-3/h4-8,11-12,15H,9-10H2,1-3H3,(H,23,25). The van der Waals surface area contributed by atoms with Crippen LogP contribution >= 0.6 is 0 Å². The molecule has 2 aromatic rings. The van der Waals surface area contributed by atoms with E-state index in [0.717, 1.165) is 16.8 Å². The van der Waals surface area contributed by atoms with E-state index >= 15 is 0 Å². The van der Waals surface area contributed by atoms with Crippen LogP contribution in [0.4, 0.5) is 21.5 Å². The van der Waals surface area contributed by atoms with E-state index in [-0.39, 0.29) is 11.7 Å². The molecule has 1 atom stereocenters. The highest BCUT2D eigenvalue weighted by Gasteiger charge is 2.30. The molecule has 1 heterocycles. The molecule has 26 heavy (non-hydrogen) atoms. The van der Waals surface area contributed by atoms with Gasteiger partial charge in [0.05, 0.1) is 18.0 Å². The van der Waals surface area contributed by atoms with E-state index < -0.39 is 5.92 Å². The fourth-order valence-electron chi connectivity index (χ4n) is 3.08. The molecular weight excluding hydrogens is 333 g/mol. The number of rotatable bonds is 6. The van der Waals surface area contributed by atoms with Crippen molar-refractivity contribution in [2.75, 3.05) is 37.5 Å². The van der Waals surface area contributed by atoms with Crippen LogP contribution in [0.1, 0.15) is 17.0 Å². The number of anilines is 2. The number of amides is 1. The van der Waals surface area contributed by atoms with Crippen molar-refractivity contribution >= 4 is 29.2 Å². The summed E-state index contributed by atoms with van der Waals surface area (Å²) in [4.78, 5) is 18.3. The molecule has 0 bridgehead atoms. The van der Waals surface area contributed by atoms with Crippen molar-refractivity contribution in [3.63, 3.8) is 0 Å². The minimum Gasteiger partial charge on any atom is -0.383 e. The molecule has 0 saturated carbocycles. The van der Waals surface area contributed by atoms with E-state index in [2.05, 4.69) is 10.3 Å². The van der Waals surface area contributed by atoms with Gasteiger partial charge < -0.3 is 15.0 Å². The molecule has 3 rings (SSSR count). The monoisotopic (exact) mass is 355 g/mol. The van der Waals surface area contributed by atoms with Crippen molar-refractivity contribution < 1.29 is 13.9 Å². The number of nitrogens with zero attached hydrogens (tertiary/aromatic N) is 2. The second-order valence-electron chi connectivity index (χ2n) is 6.33. The highest BCUT2D eigenvalue weighted by molar-refractivity contribution is 6.13. The Kier molecular flexibility index (Phi) is 5.32. The number of benzene rings is 2. The first-order valence-electron chi connectivity index (χ1n) is 8.45. The van der Waals surface area contributed by atoms with Crippen LogP contribution in [-0.2, 0) is 9.53 Å². The lowest BCUT2D eigenvalue weighted by atomic mass is 9.97. The van der Waals surface area contributed by atoms with Gasteiger partial charge in [0.1, 0.15) is 11.7 Å². The van der Waals surface area contributed by atoms with Gasteiger partial charge in [-0.05, 0) is 36.2 Å². The molecule has 1 N–H and O–H groups in total. The van der Waals surface area contributed by atoms with Gasteiger partial charge in [0.15, 0.2) is 0 Å². The lowest BCUT2D eigenvalue weighted by molar-refractivity contribution is -0.115. The Bertz CT molecular complexity index is 851. The third-order valence-corrected chi connectivity index (χ3v) is 4.52. The first-order valence-corrected chi connectivity index (χ1v) is 8.45. The Balaban J connectivity index is 1.80. The minimum atomic E-state index is -0.460. The second-order valence-corrected chi connectivity index (χ2v) is 6.33. The van der Waals surface area contributed by atoms with Gasteiger partial charge in [0, 0.05) is 38.7 Å². The SMILES string of the molecule is COCCN(C)c1ccc(N=CC2C(=O)Nc3cccc(C)c32)cc1F. The first-order chi connectivity index (χ1) is 12.5. The van der Waals surface area contributed by atoms with Crippen LogP contribution in [0.5, 0.6) is 0 Å². The zero-order valence-corrected chi connectivity index (χ0v) is 15.1. The fraction of sp³-hybridized carbons (Fsp3) is 0.300. The number of aliphatic imine (C=N–C) groups is 1. The summed E-state index contributed by atoms with van der Waals surface area (Å²) in [6.45, 7) is 3.07. The van der Waals surface area contributed by atoms with Gasteiger partial charge >= 0.3 is 0 Å². The number of aryl methyl sites for hydroxylation is 1. The van der Waals surface area contributed by atoms with Gasteiger partial charge in [-0.25, -0.2) is 4.39 Å². The maximum absolute atomic E-state index is 14.4. The highest BCUT2D eigenvalue weighted by Crippen LogP contribution is 2.34. The van der Waals surface area contributed by atoms with Crippen LogP contribution in [0.25, 0.3) is 0 Å². The zero-order chi connectivity index (χ0) is 18.7. The minimum absolute atomic E-state index is 0.116. The quantitative estimate of drug-likeness (QED) is 0.805. The highest BCUT2D eigenvalue weighted by atomic mass is 19.1. The van der Waals surface area contributed by atoms with Crippen LogP contribution in [0.3, 0.4) is 0 Å². The molecule has 2 aromatic carbocycles. The molecule has 5 nitrogen and oxygen atoms in total. The number of hydrogen-bond donors (Lipinski definition) is 1. The van der Waals surface area contributed by atoms with Gasteiger partial charge in [-0.15, -0.1) is 0 Å². The van der Waals surface area contributed by atoms with Crippen molar-refractivity contribution in [2.24, 2.45) is 4.99 Å². The van der Waals surface area contributed by atoms with Gasteiger partial charge in [0.2, 0.25) is 5.91 Å². The van der Waals surface area contributed by atoms with E-state index in [9.17, 15) is 9.18 Å². The molecule has 1 unspecified atom stereocenters. The van der Waals surface area contributed by atoms with Crippen LogP contribution < -0.4 is 10.2 Å². The molecular formula is C20H22FN3O2. The number of methoxy groups -OCH3 is 1. The Morgan fingerprint density at radius 2 is 2.15 bits per heavy atom. The summed E-state index contributed by atoms with van der Waals surface area (Å²) >= 11 is 0. The van der Waals surface area contributed by atoms with Crippen molar-refractivity contribution in [3.8, 4) is 0 Å². The summed E-state index contributed by atoms with van der Waals surface area (Å²) < 4.78 is 19.4. The van der Waals surface area contributed by atoms with E-state index in [1.807, 2.05) is 32.2 Å². The summed E-state index contributed by atoms with van der Waals surface area (Å²) in [7, 11) is 3.42. The van der Waals surface area contributed by atoms with Crippen LogP contribution in [0.15, 0.2) is 41.4 Å². The average molecular weight is 355 g/mol. The third-order valence-electron chi connectivity index (χ3n) is 4.52. The van der Waals surface area contributed by atoms with Crippen molar-refractivity contribution in [2.45, 2.75) is 12.8 Å². The second kappa shape index (κ2) is 7.66. The molecule has 1 aliphatic heterocycles. The molecule has 1 aliphatic rings. The van der Waals surface area contributed by atoms with Gasteiger partial charge in [-0.1, -0.05) is 12.1 Å². The van der Waals surface area contributed by atoms with E-state index in [1.165, 1.54) is 6.07 Å². The molecule has 0 saturated heterocycles. The lowest BCUT2D eigenvalue weighted by Crippen LogP contribution is -2.22. The number of nitrogens with one attached hydrogen (secondary N) is 1. The van der Waals surface area contributed by atoms with Crippen molar-refractivity contribution in [1.82, 2.24) is 0 Å². The number of halogens is 1. The molecule has 1 amide bonds.